The molecule has 6 nitrogen and oxygen atoms in total. The molecule has 0 radical (unpaired) electrons. The summed E-state index contributed by atoms with van der Waals surface area (Å²) in [6.07, 6.45) is 6.75. The van der Waals surface area contributed by atoms with Gasteiger partial charge in [-0.1, -0.05) is 0 Å². The maximum atomic E-state index is 12.0. The quantitative estimate of drug-likeness (QED) is 0.808. The van der Waals surface area contributed by atoms with Gasteiger partial charge in [-0.05, 0) is 51.4 Å². The molecule has 0 aromatic rings. The monoisotopic (exact) mass is 310 g/mol. The first kappa shape index (κ1) is 15.7. The molecular weight excluding hydrogens is 284 g/mol. The third-order valence-electron chi connectivity index (χ3n) is 4.86. The van der Waals surface area contributed by atoms with Crippen LogP contribution in [0.25, 0.3) is 0 Å². The van der Waals surface area contributed by atoms with Crippen LogP contribution in [0.4, 0.5) is 0 Å². The molecule has 0 aromatic heterocycles. The molecule has 2 heterocycles. The van der Waals surface area contributed by atoms with E-state index in [4.69, 9.17) is 9.47 Å². The van der Waals surface area contributed by atoms with Gasteiger partial charge in [-0.15, -0.1) is 0 Å². The third kappa shape index (κ3) is 3.98. The van der Waals surface area contributed by atoms with Crippen molar-refractivity contribution in [1.82, 2.24) is 10.6 Å². The molecule has 0 unspecified atom stereocenters. The molecule has 2 N–H and O–H groups in total. The Kier molecular flexibility index (Phi) is 5.31. The molecular formula is C16H26N2O4. The van der Waals surface area contributed by atoms with Crippen LogP contribution in [0.5, 0.6) is 0 Å². The Hall–Kier alpha value is -1.14. The Labute approximate surface area is 131 Å². The zero-order chi connectivity index (χ0) is 15.4. The first-order valence-electron chi connectivity index (χ1n) is 8.56. The van der Waals surface area contributed by atoms with Crippen molar-refractivity contribution < 1.29 is 19.1 Å². The van der Waals surface area contributed by atoms with E-state index in [0.29, 0.717) is 13.2 Å². The fourth-order valence-corrected chi connectivity index (χ4v) is 3.54. The van der Waals surface area contributed by atoms with Crippen LogP contribution < -0.4 is 10.6 Å². The van der Waals surface area contributed by atoms with E-state index in [1.54, 1.807) is 0 Å². The van der Waals surface area contributed by atoms with Crippen LogP contribution in [-0.2, 0) is 19.1 Å². The SMILES string of the molecule is O=C(NC1CCC(NC(=O)[C@H]2CCCO2)CC1)[C@H]1CCCO1. The highest BCUT2D eigenvalue weighted by Gasteiger charge is 2.30. The number of carbonyl (C=O) groups is 2. The molecule has 22 heavy (non-hydrogen) atoms. The van der Waals surface area contributed by atoms with Crippen LogP contribution in [0.3, 0.4) is 0 Å². The van der Waals surface area contributed by atoms with Crippen molar-refractivity contribution in [2.45, 2.75) is 75.7 Å². The lowest BCUT2D eigenvalue weighted by atomic mass is 9.90. The van der Waals surface area contributed by atoms with E-state index in [2.05, 4.69) is 10.6 Å². The van der Waals surface area contributed by atoms with Crippen LogP contribution >= 0.6 is 0 Å². The fraction of sp³-hybridized carbons (Fsp3) is 0.875. The first-order valence-corrected chi connectivity index (χ1v) is 8.56. The summed E-state index contributed by atoms with van der Waals surface area (Å²) in [5.74, 6) is 0.0636. The molecule has 0 spiro atoms. The van der Waals surface area contributed by atoms with Gasteiger partial charge in [0, 0.05) is 25.3 Å². The summed E-state index contributed by atoms with van der Waals surface area (Å²) >= 11 is 0. The van der Waals surface area contributed by atoms with Crippen LogP contribution in [0.1, 0.15) is 51.4 Å². The lowest BCUT2D eigenvalue weighted by Gasteiger charge is -2.30. The van der Waals surface area contributed by atoms with Crippen LogP contribution in [0, 0.1) is 0 Å². The zero-order valence-corrected chi connectivity index (χ0v) is 13.0. The second kappa shape index (κ2) is 7.42. The molecule has 2 saturated heterocycles. The smallest absolute Gasteiger partial charge is 0.249 e. The van der Waals surface area contributed by atoms with E-state index in [-0.39, 0.29) is 36.1 Å². The second-order valence-corrected chi connectivity index (χ2v) is 6.57. The minimum Gasteiger partial charge on any atom is -0.368 e. The predicted molar refractivity (Wildman–Crippen MR) is 80.3 cm³/mol. The maximum Gasteiger partial charge on any atom is 0.249 e. The summed E-state index contributed by atoms with van der Waals surface area (Å²) in [6, 6.07) is 0.431. The number of nitrogens with one attached hydrogen (secondary N) is 2. The molecule has 3 fully saturated rings. The van der Waals surface area contributed by atoms with Gasteiger partial charge in [0.2, 0.25) is 11.8 Å². The molecule has 3 aliphatic rings. The van der Waals surface area contributed by atoms with Gasteiger partial charge in [-0.3, -0.25) is 9.59 Å². The van der Waals surface area contributed by atoms with Crippen molar-refractivity contribution in [3.05, 3.63) is 0 Å². The van der Waals surface area contributed by atoms with Gasteiger partial charge in [0.15, 0.2) is 0 Å². The van der Waals surface area contributed by atoms with E-state index < -0.39 is 0 Å². The van der Waals surface area contributed by atoms with Crippen LogP contribution in [0.15, 0.2) is 0 Å². The lowest BCUT2D eigenvalue weighted by molar-refractivity contribution is -0.132. The highest BCUT2D eigenvalue weighted by atomic mass is 16.5. The second-order valence-electron chi connectivity index (χ2n) is 6.57. The van der Waals surface area contributed by atoms with Gasteiger partial charge >= 0.3 is 0 Å². The van der Waals surface area contributed by atoms with E-state index in [1.165, 1.54) is 0 Å². The summed E-state index contributed by atoms with van der Waals surface area (Å²) in [5.41, 5.74) is 0. The molecule has 0 aromatic carbocycles. The normalized spacial score (nSPS) is 35.3. The molecule has 2 amide bonds. The van der Waals surface area contributed by atoms with Gasteiger partial charge in [-0.25, -0.2) is 0 Å². The van der Waals surface area contributed by atoms with Crippen LogP contribution in [-0.4, -0.2) is 49.3 Å². The van der Waals surface area contributed by atoms with Crippen molar-refractivity contribution >= 4 is 11.8 Å². The minimum absolute atomic E-state index is 0.0318. The van der Waals surface area contributed by atoms with Crippen molar-refractivity contribution in [1.29, 1.82) is 0 Å². The van der Waals surface area contributed by atoms with Crippen molar-refractivity contribution in [2.24, 2.45) is 0 Å². The average Bonchev–Trinajstić information content (AvgIpc) is 3.23. The summed E-state index contributed by atoms with van der Waals surface area (Å²) in [6.45, 7) is 1.39. The predicted octanol–water partition coefficient (Wildman–Crippen LogP) is 0.888. The lowest BCUT2D eigenvalue weighted by Crippen LogP contribution is -2.47. The highest BCUT2D eigenvalue weighted by Crippen LogP contribution is 2.21. The maximum absolute atomic E-state index is 12.0. The van der Waals surface area contributed by atoms with E-state index in [0.717, 1.165) is 51.4 Å². The Morgan fingerprint density at radius 1 is 0.682 bits per heavy atom. The molecule has 6 heteroatoms. The summed E-state index contributed by atoms with van der Waals surface area (Å²) in [4.78, 5) is 24.0. The minimum atomic E-state index is -0.253. The zero-order valence-electron chi connectivity index (χ0n) is 13.0. The topological polar surface area (TPSA) is 76.7 Å². The van der Waals surface area contributed by atoms with Crippen molar-refractivity contribution in [3.63, 3.8) is 0 Å². The Morgan fingerprint density at radius 3 is 1.41 bits per heavy atom. The number of hydrogen-bond acceptors (Lipinski definition) is 4. The third-order valence-corrected chi connectivity index (χ3v) is 4.86. The standard InChI is InChI=1S/C16H26N2O4/c19-15(13-3-1-9-21-13)17-11-5-7-12(8-6-11)18-16(20)14-4-2-10-22-14/h11-14H,1-10H2,(H,17,19)(H,18,20)/t11?,12?,13-,14-/m1/s1. The highest BCUT2D eigenvalue weighted by molar-refractivity contribution is 5.81. The summed E-state index contributed by atoms with van der Waals surface area (Å²) < 4.78 is 10.8. The molecule has 1 aliphatic carbocycles. The number of ether oxygens (including phenoxy) is 2. The van der Waals surface area contributed by atoms with Gasteiger partial charge in [0.25, 0.3) is 0 Å². The van der Waals surface area contributed by atoms with Gasteiger partial charge in [0.05, 0.1) is 0 Å². The van der Waals surface area contributed by atoms with E-state index in [1.807, 2.05) is 0 Å². The molecule has 124 valence electrons. The molecule has 2 aliphatic heterocycles. The van der Waals surface area contributed by atoms with Gasteiger partial charge < -0.3 is 20.1 Å². The fourth-order valence-electron chi connectivity index (χ4n) is 3.54. The molecule has 3 rings (SSSR count). The Bertz CT molecular complexity index is 357. The van der Waals surface area contributed by atoms with Crippen molar-refractivity contribution in [2.75, 3.05) is 13.2 Å². The first-order chi connectivity index (χ1) is 10.7. The van der Waals surface area contributed by atoms with Crippen LogP contribution in [0.2, 0.25) is 0 Å². The number of hydrogen-bond donors (Lipinski definition) is 2. The van der Waals surface area contributed by atoms with Gasteiger partial charge in [-0.2, -0.15) is 0 Å². The van der Waals surface area contributed by atoms with Gasteiger partial charge in [0.1, 0.15) is 12.2 Å². The molecule has 2 atom stereocenters. The number of rotatable bonds is 4. The Morgan fingerprint density at radius 2 is 1.09 bits per heavy atom. The Balaban J connectivity index is 1.36. The number of amides is 2. The molecule has 0 bridgehead atoms. The van der Waals surface area contributed by atoms with E-state index in [9.17, 15) is 9.59 Å². The van der Waals surface area contributed by atoms with E-state index >= 15 is 0 Å². The summed E-state index contributed by atoms with van der Waals surface area (Å²) in [5, 5.41) is 6.18. The average molecular weight is 310 g/mol. The largest absolute Gasteiger partial charge is 0.368 e. The van der Waals surface area contributed by atoms with Crippen molar-refractivity contribution in [3.8, 4) is 0 Å². The summed E-state index contributed by atoms with van der Waals surface area (Å²) in [7, 11) is 0. The molecule has 1 saturated carbocycles. The number of carbonyl (C=O) groups excluding carboxylic acids is 2.